The van der Waals surface area contributed by atoms with Gasteiger partial charge in [-0.05, 0) is 18.8 Å². The highest BCUT2D eigenvalue weighted by Crippen LogP contribution is 2.26. The first-order chi connectivity index (χ1) is 8.78. The number of aliphatic hydroxyl groups excluding tert-OH is 1. The summed E-state index contributed by atoms with van der Waals surface area (Å²) >= 11 is 0. The molecule has 2 heterocycles. The summed E-state index contributed by atoms with van der Waals surface area (Å²) in [6, 6.07) is 0.0458. The lowest BCUT2D eigenvalue weighted by Crippen LogP contribution is -2.19. The van der Waals surface area contributed by atoms with Crippen LogP contribution in [-0.2, 0) is 0 Å². The third-order valence-corrected chi connectivity index (χ3v) is 3.19. The maximum absolute atomic E-state index is 9.21. The number of aromatic nitrogens is 5. The van der Waals surface area contributed by atoms with E-state index in [9.17, 15) is 5.11 Å². The highest BCUT2D eigenvalue weighted by Gasteiger charge is 2.21. The lowest BCUT2D eigenvalue weighted by atomic mass is 9.92. The van der Waals surface area contributed by atoms with Crippen molar-refractivity contribution in [3.05, 3.63) is 18.5 Å². The number of aliphatic hydroxyl groups is 1. The SMILES string of the molecule is Nc1ncnc2nn([C@H]3C=CC[C@H](CO)C3)nc12. The molecule has 0 saturated carbocycles. The molecule has 0 amide bonds. The van der Waals surface area contributed by atoms with Crippen LogP contribution in [0.3, 0.4) is 0 Å². The number of allylic oxidation sites excluding steroid dienone is 2. The Morgan fingerprint density at radius 1 is 1.39 bits per heavy atom. The van der Waals surface area contributed by atoms with Gasteiger partial charge in [-0.2, -0.15) is 4.80 Å². The fourth-order valence-corrected chi connectivity index (χ4v) is 2.19. The number of nitrogens with zero attached hydrogens (tertiary/aromatic N) is 5. The van der Waals surface area contributed by atoms with Crippen molar-refractivity contribution in [1.82, 2.24) is 25.0 Å². The quantitative estimate of drug-likeness (QED) is 0.739. The zero-order valence-corrected chi connectivity index (χ0v) is 9.77. The van der Waals surface area contributed by atoms with Gasteiger partial charge in [-0.1, -0.05) is 12.2 Å². The third kappa shape index (κ3) is 1.82. The molecule has 0 spiro atoms. The van der Waals surface area contributed by atoms with E-state index in [0.29, 0.717) is 17.0 Å². The molecule has 0 fully saturated rings. The molecular weight excluding hydrogens is 232 g/mol. The van der Waals surface area contributed by atoms with Crippen LogP contribution in [0.2, 0.25) is 0 Å². The lowest BCUT2D eigenvalue weighted by Gasteiger charge is -2.22. The van der Waals surface area contributed by atoms with E-state index in [0.717, 1.165) is 12.8 Å². The summed E-state index contributed by atoms with van der Waals surface area (Å²) in [4.78, 5) is 9.53. The minimum Gasteiger partial charge on any atom is -0.396 e. The van der Waals surface area contributed by atoms with Crippen LogP contribution in [0.4, 0.5) is 5.82 Å². The summed E-state index contributed by atoms with van der Waals surface area (Å²) in [5.74, 6) is 0.599. The molecule has 2 aromatic rings. The predicted octanol–water partition coefficient (Wildman–Crippen LogP) is 0.303. The van der Waals surface area contributed by atoms with Gasteiger partial charge in [-0.15, -0.1) is 10.2 Å². The first-order valence-corrected chi connectivity index (χ1v) is 5.88. The number of fused-ring (bicyclic) bond motifs is 1. The molecule has 0 aliphatic heterocycles. The highest BCUT2D eigenvalue weighted by molar-refractivity contribution is 5.79. The molecule has 1 aliphatic carbocycles. The molecule has 0 bridgehead atoms. The number of nitrogens with two attached hydrogens (primary N) is 1. The van der Waals surface area contributed by atoms with E-state index >= 15 is 0 Å². The number of hydrogen-bond donors (Lipinski definition) is 2. The fourth-order valence-electron chi connectivity index (χ4n) is 2.19. The summed E-state index contributed by atoms with van der Waals surface area (Å²) in [5, 5.41) is 17.8. The lowest BCUT2D eigenvalue weighted by molar-refractivity contribution is 0.198. The molecule has 0 radical (unpaired) electrons. The molecule has 2 atom stereocenters. The summed E-state index contributed by atoms with van der Waals surface area (Å²) in [6.07, 6.45) is 7.20. The van der Waals surface area contributed by atoms with Crippen LogP contribution in [0.25, 0.3) is 11.2 Å². The van der Waals surface area contributed by atoms with Gasteiger partial charge in [-0.3, -0.25) is 0 Å². The van der Waals surface area contributed by atoms with Gasteiger partial charge in [-0.25, -0.2) is 9.97 Å². The third-order valence-electron chi connectivity index (χ3n) is 3.19. The standard InChI is InChI=1S/C11H14N6O/c12-10-9-11(14-6-13-10)16-17(15-9)8-3-1-2-7(4-8)5-18/h1,3,6-8,18H,2,4-5H2,(H2,12,13,14,16)/t7-,8-/m0/s1. The molecule has 2 aromatic heterocycles. The maximum atomic E-state index is 9.21. The average Bonchev–Trinajstić information content (AvgIpc) is 2.84. The molecule has 1 aliphatic rings. The highest BCUT2D eigenvalue weighted by atomic mass is 16.3. The van der Waals surface area contributed by atoms with Crippen molar-refractivity contribution < 1.29 is 5.11 Å². The normalized spacial score (nSPS) is 23.6. The molecule has 94 valence electrons. The van der Waals surface area contributed by atoms with Gasteiger partial charge in [0.25, 0.3) is 0 Å². The molecule has 3 N–H and O–H groups in total. The van der Waals surface area contributed by atoms with E-state index in [4.69, 9.17) is 5.73 Å². The Labute approximate surface area is 103 Å². The smallest absolute Gasteiger partial charge is 0.207 e. The topological polar surface area (TPSA) is 103 Å². The van der Waals surface area contributed by atoms with E-state index in [1.807, 2.05) is 0 Å². The van der Waals surface area contributed by atoms with Gasteiger partial charge in [0.15, 0.2) is 11.3 Å². The summed E-state index contributed by atoms with van der Waals surface area (Å²) in [7, 11) is 0. The van der Waals surface area contributed by atoms with E-state index in [-0.39, 0.29) is 18.6 Å². The number of rotatable bonds is 2. The van der Waals surface area contributed by atoms with Crippen LogP contribution < -0.4 is 5.73 Å². The van der Waals surface area contributed by atoms with Crippen LogP contribution in [0.1, 0.15) is 18.9 Å². The maximum Gasteiger partial charge on any atom is 0.207 e. The minimum absolute atomic E-state index is 0.0458. The van der Waals surface area contributed by atoms with Gasteiger partial charge < -0.3 is 10.8 Å². The Hall–Kier alpha value is -2.02. The van der Waals surface area contributed by atoms with E-state index in [2.05, 4.69) is 32.3 Å². The Kier molecular flexibility index (Phi) is 2.67. The molecule has 3 rings (SSSR count). The van der Waals surface area contributed by atoms with E-state index in [1.165, 1.54) is 6.33 Å². The fraction of sp³-hybridized carbons (Fsp3) is 0.455. The van der Waals surface area contributed by atoms with Crippen LogP contribution in [-0.4, -0.2) is 36.7 Å². The van der Waals surface area contributed by atoms with Gasteiger partial charge >= 0.3 is 0 Å². The molecular formula is C11H14N6O. The average molecular weight is 246 g/mol. The number of hydrogen-bond acceptors (Lipinski definition) is 6. The number of nitrogen functional groups attached to an aromatic ring is 1. The van der Waals surface area contributed by atoms with Gasteiger partial charge in [0, 0.05) is 6.61 Å². The second kappa shape index (κ2) is 4.34. The number of anilines is 1. The van der Waals surface area contributed by atoms with Gasteiger partial charge in [0.2, 0.25) is 5.65 Å². The van der Waals surface area contributed by atoms with Crippen molar-refractivity contribution in [3.8, 4) is 0 Å². The molecule has 7 heteroatoms. The predicted molar refractivity (Wildman–Crippen MR) is 65.5 cm³/mol. The van der Waals surface area contributed by atoms with Crippen LogP contribution in [0.5, 0.6) is 0 Å². The molecule has 7 nitrogen and oxygen atoms in total. The van der Waals surface area contributed by atoms with Crippen LogP contribution in [0, 0.1) is 5.92 Å². The Balaban J connectivity index is 1.97. The van der Waals surface area contributed by atoms with Crippen LogP contribution in [0.15, 0.2) is 18.5 Å². The van der Waals surface area contributed by atoms with Gasteiger partial charge in [0.1, 0.15) is 6.33 Å². The van der Waals surface area contributed by atoms with Crippen molar-refractivity contribution in [2.75, 3.05) is 12.3 Å². The van der Waals surface area contributed by atoms with E-state index < -0.39 is 0 Å². The second-order valence-corrected chi connectivity index (χ2v) is 4.47. The second-order valence-electron chi connectivity index (χ2n) is 4.47. The Morgan fingerprint density at radius 2 is 2.28 bits per heavy atom. The van der Waals surface area contributed by atoms with Crippen molar-refractivity contribution in [2.45, 2.75) is 18.9 Å². The van der Waals surface area contributed by atoms with Crippen molar-refractivity contribution in [2.24, 2.45) is 5.92 Å². The van der Waals surface area contributed by atoms with Crippen molar-refractivity contribution in [1.29, 1.82) is 0 Å². The van der Waals surface area contributed by atoms with Crippen molar-refractivity contribution >= 4 is 17.0 Å². The zero-order chi connectivity index (χ0) is 12.5. The molecule has 0 aromatic carbocycles. The molecule has 0 unspecified atom stereocenters. The van der Waals surface area contributed by atoms with E-state index in [1.54, 1.807) is 4.80 Å². The Morgan fingerprint density at radius 3 is 3.06 bits per heavy atom. The first-order valence-electron chi connectivity index (χ1n) is 5.88. The first kappa shape index (κ1) is 11.1. The molecule has 18 heavy (non-hydrogen) atoms. The largest absolute Gasteiger partial charge is 0.396 e. The summed E-state index contributed by atoms with van der Waals surface area (Å²) in [5.41, 5.74) is 6.75. The van der Waals surface area contributed by atoms with Crippen LogP contribution >= 0.6 is 0 Å². The molecule has 0 saturated heterocycles. The summed E-state index contributed by atoms with van der Waals surface area (Å²) < 4.78 is 0. The van der Waals surface area contributed by atoms with Gasteiger partial charge in [0.05, 0.1) is 6.04 Å². The zero-order valence-electron chi connectivity index (χ0n) is 9.77. The summed E-state index contributed by atoms with van der Waals surface area (Å²) in [6.45, 7) is 0.184. The minimum atomic E-state index is 0.0458. The van der Waals surface area contributed by atoms with Crippen molar-refractivity contribution in [3.63, 3.8) is 0 Å². The monoisotopic (exact) mass is 246 g/mol. The Bertz CT molecular complexity index is 592.